The molecule has 1 fully saturated rings. The van der Waals surface area contributed by atoms with E-state index in [4.69, 9.17) is 4.74 Å². The molecule has 0 saturated carbocycles. The number of hydrogen-bond acceptors (Lipinski definition) is 3. The van der Waals surface area contributed by atoms with Crippen LogP contribution in [0.5, 0.6) is 0 Å². The number of piperidine rings is 1. The minimum Gasteiger partial charge on any atom is -0.452 e. The third-order valence-corrected chi connectivity index (χ3v) is 6.15. The van der Waals surface area contributed by atoms with Gasteiger partial charge in [-0.1, -0.05) is 60.7 Å². The summed E-state index contributed by atoms with van der Waals surface area (Å²) in [5, 5.41) is 0. The summed E-state index contributed by atoms with van der Waals surface area (Å²) in [5.41, 5.74) is 4.29. The van der Waals surface area contributed by atoms with Crippen LogP contribution in [-0.2, 0) is 17.8 Å². The normalized spacial score (nSPS) is 14.8. The quantitative estimate of drug-likeness (QED) is 0.480. The molecule has 1 heterocycles. The first kappa shape index (κ1) is 22.0. The molecule has 4 nitrogen and oxygen atoms in total. The zero-order chi connectivity index (χ0) is 22.3. The highest BCUT2D eigenvalue weighted by Gasteiger charge is 2.26. The van der Waals surface area contributed by atoms with E-state index in [0.29, 0.717) is 12.5 Å². The largest absolute Gasteiger partial charge is 0.452 e. The maximum absolute atomic E-state index is 13.2. The van der Waals surface area contributed by atoms with Crippen molar-refractivity contribution in [2.75, 3.05) is 25.1 Å². The SMILES string of the molecule is COC(=O)N(Cc1ccccc1)c1ccccc1C1CCN(Cc2ccc(F)cc2)CC1. The lowest BCUT2D eigenvalue weighted by Gasteiger charge is -2.34. The van der Waals surface area contributed by atoms with Crippen LogP contribution in [0.4, 0.5) is 14.9 Å². The minimum atomic E-state index is -0.352. The maximum Gasteiger partial charge on any atom is 0.414 e. The average molecular weight is 433 g/mol. The van der Waals surface area contributed by atoms with Crippen molar-refractivity contribution in [3.05, 3.63) is 101 Å². The summed E-state index contributed by atoms with van der Waals surface area (Å²) in [6, 6.07) is 24.9. The Bertz CT molecular complexity index is 1020. The standard InChI is InChI=1S/C27H29FN2O2/c1-32-27(31)30(20-21-7-3-2-4-8-21)26-10-6-5-9-25(26)23-15-17-29(18-16-23)19-22-11-13-24(28)14-12-22/h2-14,23H,15-20H2,1H3. The lowest BCUT2D eigenvalue weighted by atomic mass is 9.87. The molecular weight excluding hydrogens is 403 g/mol. The number of para-hydroxylation sites is 1. The Balaban J connectivity index is 1.48. The van der Waals surface area contributed by atoms with Crippen molar-refractivity contribution in [3.63, 3.8) is 0 Å². The predicted octanol–water partition coefficient (Wildman–Crippen LogP) is 5.98. The fraction of sp³-hybridized carbons (Fsp3) is 0.296. The highest BCUT2D eigenvalue weighted by molar-refractivity contribution is 5.88. The molecular formula is C27H29FN2O2. The van der Waals surface area contributed by atoms with Crippen molar-refractivity contribution in [3.8, 4) is 0 Å². The zero-order valence-corrected chi connectivity index (χ0v) is 18.4. The summed E-state index contributed by atoms with van der Waals surface area (Å²) >= 11 is 0. The van der Waals surface area contributed by atoms with E-state index in [1.807, 2.05) is 60.7 Å². The summed E-state index contributed by atoms with van der Waals surface area (Å²) in [6.45, 7) is 3.23. The van der Waals surface area contributed by atoms with Gasteiger partial charge in [-0.05, 0) is 66.7 Å². The van der Waals surface area contributed by atoms with Gasteiger partial charge in [-0.3, -0.25) is 9.80 Å². The minimum absolute atomic E-state index is 0.199. The van der Waals surface area contributed by atoms with E-state index >= 15 is 0 Å². The van der Waals surface area contributed by atoms with Crippen LogP contribution < -0.4 is 4.90 Å². The molecule has 0 aliphatic carbocycles. The molecule has 0 unspecified atom stereocenters. The second kappa shape index (κ2) is 10.4. The number of nitrogens with zero attached hydrogens (tertiary/aromatic N) is 2. The van der Waals surface area contributed by atoms with E-state index in [9.17, 15) is 9.18 Å². The number of halogens is 1. The van der Waals surface area contributed by atoms with E-state index < -0.39 is 0 Å². The van der Waals surface area contributed by atoms with E-state index in [2.05, 4.69) is 11.0 Å². The molecule has 32 heavy (non-hydrogen) atoms. The van der Waals surface area contributed by atoms with Crippen molar-refractivity contribution in [2.24, 2.45) is 0 Å². The first-order chi connectivity index (χ1) is 15.6. The zero-order valence-electron chi connectivity index (χ0n) is 18.4. The first-order valence-corrected chi connectivity index (χ1v) is 11.1. The lowest BCUT2D eigenvalue weighted by molar-refractivity contribution is 0.178. The monoisotopic (exact) mass is 432 g/mol. The van der Waals surface area contributed by atoms with Crippen molar-refractivity contribution in [1.82, 2.24) is 4.90 Å². The topological polar surface area (TPSA) is 32.8 Å². The molecule has 0 spiro atoms. The molecule has 166 valence electrons. The highest BCUT2D eigenvalue weighted by atomic mass is 19.1. The second-order valence-electron chi connectivity index (χ2n) is 8.28. The number of methoxy groups -OCH3 is 1. The molecule has 0 radical (unpaired) electrons. The van der Waals surface area contributed by atoms with E-state index in [1.54, 1.807) is 4.90 Å². The third kappa shape index (κ3) is 5.35. The smallest absolute Gasteiger partial charge is 0.414 e. The second-order valence-corrected chi connectivity index (χ2v) is 8.28. The van der Waals surface area contributed by atoms with Crippen LogP contribution in [0.2, 0.25) is 0 Å². The molecule has 0 atom stereocenters. The van der Waals surface area contributed by atoms with Crippen molar-refractivity contribution < 1.29 is 13.9 Å². The van der Waals surface area contributed by atoms with Gasteiger partial charge in [0.1, 0.15) is 5.82 Å². The number of hydrogen-bond donors (Lipinski definition) is 0. The van der Waals surface area contributed by atoms with Crippen molar-refractivity contribution >= 4 is 11.8 Å². The molecule has 1 aliphatic rings. The van der Waals surface area contributed by atoms with Gasteiger partial charge in [-0.25, -0.2) is 9.18 Å². The third-order valence-electron chi connectivity index (χ3n) is 6.15. The van der Waals surface area contributed by atoms with E-state index in [0.717, 1.165) is 49.3 Å². The van der Waals surface area contributed by atoms with Crippen molar-refractivity contribution in [1.29, 1.82) is 0 Å². The highest BCUT2D eigenvalue weighted by Crippen LogP contribution is 2.36. The number of benzene rings is 3. The molecule has 3 aromatic rings. The van der Waals surface area contributed by atoms with Crippen molar-refractivity contribution in [2.45, 2.75) is 31.8 Å². The van der Waals surface area contributed by atoms with Crippen LogP contribution in [0, 0.1) is 5.82 Å². The molecule has 1 saturated heterocycles. The number of amides is 1. The van der Waals surface area contributed by atoms with Gasteiger partial charge in [0.25, 0.3) is 0 Å². The van der Waals surface area contributed by atoms with Crippen LogP contribution in [-0.4, -0.2) is 31.2 Å². The fourth-order valence-electron chi connectivity index (χ4n) is 4.45. The number of rotatable bonds is 6. The van der Waals surface area contributed by atoms with Gasteiger partial charge in [-0.15, -0.1) is 0 Å². The Hall–Kier alpha value is -3.18. The van der Waals surface area contributed by atoms with Gasteiger partial charge >= 0.3 is 6.09 Å². The summed E-state index contributed by atoms with van der Waals surface area (Å²) < 4.78 is 18.3. The van der Waals surface area contributed by atoms with E-state index in [1.165, 1.54) is 24.8 Å². The van der Waals surface area contributed by atoms with Gasteiger partial charge in [0.2, 0.25) is 0 Å². The Morgan fingerprint density at radius 3 is 2.28 bits per heavy atom. The Morgan fingerprint density at radius 1 is 0.938 bits per heavy atom. The van der Waals surface area contributed by atoms with Crippen LogP contribution in [0.3, 0.4) is 0 Å². The molecule has 0 N–H and O–H groups in total. The van der Waals surface area contributed by atoms with Gasteiger partial charge in [0.15, 0.2) is 0 Å². The fourth-order valence-corrected chi connectivity index (χ4v) is 4.45. The molecule has 4 rings (SSSR count). The van der Waals surface area contributed by atoms with Crippen LogP contribution >= 0.6 is 0 Å². The predicted molar refractivity (Wildman–Crippen MR) is 125 cm³/mol. The number of carbonyl (C=O) groups excluding carboxylic acids is 1. The lowest BCUT2D eigenvalue weighted by Crippen LogP contribution is -2.34. The molecule has 0 bridgehead atoms. The number of carbonyl (C=O) groups is 1. The van der Waals surface area contributed by atoms with Crippen LogP contribution in [0.25, 0.3) is 0 Å². The number of ether oxygens (including phenoxy) is 1. The van der Waals surface area contributed by atoms with Gasteiger partial charge in [0, 0.05) is 6.54 Å². The Kier molecular flexibility index (Phi) is 7.17. The van der Waals surface area contributed by atoms with Gasteiger partial charge in [-0.2, -0.15) is 0 Å². The Morgan fingerprint density at radius 2 is 1.59 bits per heavy atom. The summed E-state index contributed by atoms with van der Waals surface area (Å²) in [4.78, 5) is 16.8. The molecule has 1 aliphatic heterocycles. The molecule has 0 aromatic heterocycles. The molecule has 1 amide bonds. The number of anilines is 1. The average Bonchev–Trinajstić information content (AvgIpc) is 2.85. The molecule has 3 aromatic carbocycles. The summed E-state index contributed by atoms with van der Waals surface area (Å²) in [6.07, 6.45) is 1.67. The van der Waals surface area contributed by atoms with Crippen LogP contribution in [0.1, 0.15) is 35.4 Å². The summed E-state index contributed by atoms with van der Waals surface area (Å²) in [7, 11) is 1.43. The Labute approximate surface area is 189 Å². The summed E-state index contributed by atoms with van der Waals surface area (Å²) in [5.74, 6) is 0.174. The molecule has 5 heteroatoms. The van der Waals surface area contributed by atoms with Crippen LogP contribution in [0.15, 0.2) is 78.9 Å². The van der Waals surface area contributed by atoms with Gasteiger partial charge < -0.3 is 4.74 Å². The van der Waals surface area contributed by atoms with Gasteiger partial charge in [0.05, 0.1) is 19.3 Å². The van der Waals surface area contributed by atoms with E-state index in [-0.39, 0.29) is 11.9 Å². The number of likely N-dealkylation sites (tertiary alicyclic amines) is 1. The first-order valence-electron chi connectivity index (χ1n) is 11.1. The maximum atomic E-state index is 13.2.